The molecular weight excluding hydrogens is 288 g/mol. The van der Waals surface area contributed by atoms with Crippen molar-refractivity contribution in [1.82, 2.24) is 14.5 Å². The van der Waals surface area contributed by atoms with Crippen LogP contribution in [0.1, 0.15) is 30.4 Å². The Morgan fingerprint density at radius 2 is 1.90 bits per heavy atom. The smallest absolute Gasteiger partial charge is 0.151 e. The summed E-state index contributed by atoms with van der Waals surface area (Å²) in [5.41, 5.74) is 9.60. The third-order valence-corrected chi connectivity index (χ3v) is 4.72. The van der Waals surface area contributed by atoms with Gasteiger partial charge in [-0.3, -0.25) is 0 Å². The molecular formula is C14H22N4O2S. The molecule has 21 heavy (non-hydrogen) atoms. The lowest BCUT2D eigenvalue weighted by Gasteiger charge is -2.10. The second-order valence-corrected chi connectivity index (χ2v) is 7.68. The summed E-state index contributed by atoms with van der Waals surface area (Å²) in [4.78, 5) is 8.89. The first kappa shape index (κ1) is 15.8. The molecule has 2 N–H and O–H groups in total. The van der Waals surface area contributed by atoms with Crippen LogP contribution in [-0.4, -0.2) is 35.0 Å². The van der Waals surface area contributed by atoms with Crippen molar-refractivity contribution < 1.29 is 8.42 Å². The lowest BCUT2D eigenvalue weighted by molar-refractivity contribution is 0.590. The van der Waals surface area contributed by atoms with E-state index < -0.39 is 9.84 Å². The van der Waals surface area contributed by atoms with Crippen LogP contribution in [0, 0.1) is 13.8 Å². The van der Waals surface area contributed by atoms with E-state index in [0.717, 1.165) is 29.0 Å². The minimum absolute atomic E-state index is 0.175. The number of hydrogen-bond acceptors (Lipinski definition) is 5. The molecule has 2 aromatic heterocycles. The number of imidazole rings is 1. The quantitative estimate of drug-likeness (QED) is 0.906. The third kappa shape index (κ3) is 3.18. The zero-order valence-corrected chi connectivity index (χ0v) is 13.8. The van der Waals surface area contributed by atoms with Crippen molar-refractivity contribution in [2.24, 2.45) is 0 Å². The van der Waals surface area contributed by atoms with Crippen LogP contribution in [0.2, 0.25) is 0 Å². The molecule has 0 unspecified atom stereocenters. The van der Waals surface area contributed by atoms with Crippen LogP contribution >= 0.6 is 0 Å². The molecule has 7 heteroatoms. The number of aryl methyl sites for hydroxylation is 4. The zero-order chi connectivity index (χ0) is 15.8. The third-order valence-electron chi connectivity index (χ3n) is 3.69. The summed E-state index contributed by atoms with van der Waals surface area (Å²) in [6.45, 7) is 6.57. The summed E-state index contributed by atoms with van der Waals surface area (Å²) < 4.78 is 24.7. The van der Waals surface area contributed by atoms with Gasteiger partial charge in [0.25, 0.3) is 0 Å². The Kier molecular flexibility index (Phi) is 4.22. The van der Waals surface area contributed by atoms with Gasteiger partial charge in [0, 0.05) is 24.9 Å². The van der Waals surface area contributed by atoms with Crippen molar-refractivity contribution in [2.45, 2.75) is 40.2 Å². The highest BCUT2D eigenvalue weighted by Crippen LogP contribution is 2.26. The first-order valence-corrected chi connectivity index (χ1v) is 9.10. The van der Waals surface area contributed by atoms with E-state index in [4.69, 9.17) is 5.73 Å². The van der Waals surface area contributed by atoms with E-state index in [1.54, 1.807) is 0 Å². The largest absolute Gasteiger partial charge is 0.382 e. The molecule has 0 spiro atoms. The molecule has 116 valence electrons. The number of nitrogen functional groups attached to an aromatic ring is 1. The van der Waals surface area contributed by atoms with Crippen LogP contribution in [0.15, 0.2) is 0 Å². The zero-order valence-electron chi connectivity index (χ0n) is 13.0. The number of sulfone groups is 1. The van der Waals surface area contributed by atoms with Gasteiger partial charge in [-0.1, -0.05) is 6.92 Å². The van der Waals surface area contributed by atoms with Crippen LogP contribution in [-0.2, 0) is 22.8 Å². The Labute approximate surface area is 125 Å². The predicted molar refractivity (Wildman–Crippen MR) is 85.1 cm³/mol. The number of nitrogens with zero attached hydrogens (tertiary/aromatic N) is 3. The molecule has 0 radical (unpaired) electrons. The number of rotatable bonds is 5. The first-order chi connectivity index (χ1) is 9.74. The molecule has 0 atom stereocenters. The monoisotopic (exact) mass is 310 g/mol. The van der Waals surface area contributed by atoms with E-state index in [0.29, 0.717) is 24.3 Å². The highest BCUT2D eigenvalue weighted by molar-refractivity contribution is 7.90. The van der Waals surface area contributed by atoms with Gasteiger partial charge in [-0.05, 0) is 25.8 Å². The van der Waals surface area contributed by atoms with Gasteiger partial charge in [0.15, 0.2) is 5.82 Å². The second-order valence-electron chi connectivity index (χ2n) is 5.42. The Bertz CT molecular complexity index is 778. The number of anilines is 1. The Morgan fingerprint density at radius 3 is 2.48 bits per heavy atom. The van der Waals surface area contributed by atoms with E-state index in [-0.39, 0.29) is 5.75 Å². The van der Waals surface area contributed by atoms with Crippen LogP contribution in [0.5, 0.6) is 0 Å². The maximum atomic E-state index is 11.3. The second kappa shape index (κ2) is 5.63. The highest BCUT2D eigenvalue weighted by Gasteiger charge is 2.16. The van der Waals surface area contributed by atoms with Gasteiger partial charge in [0.05, 0.1) is 11.3 Å². The molecule has 0 saturated heterocycles. The summed E-state index contributed by atoms with van der Waals surface area (Å²) in [7, 11) is -2.95. The van der Waals surface area contributed by atoms with Crippen molar-refractivity contribution in [3.63, 3.8) is 0 Å². The average Bonchev–Trinajstić information content (AvgIpc) is 2.74. The number of nitrogens with two attached hydrogens (primary N) is 1. The number of pyridine rings is 1. The molecule has 2 aromatic rings. The lowest BCUT2D eigenvalue weighted by atomic mass is 10.2. The van der Waals surface area contributed by atoms with E-state index in [1.165, 1.54) is 6.26 Å². The molecule has 0 aliphatic heterocycles. The Balaban J connectivity index is 2.50. The van der Waals surface area contributed by atoms with Gasteiger partial charge >= 0.3 is 0 Å². The summed E-state index contributed by atoms with van der Waals surface area (Å²) in [6, 6.07) is 0. The number of hydrogen-bond donors (Lipinski definition) is 1. The van der Waals surface area contributed by atoms with Crippen LogP contribution in [0.3, 0.4) is 0 Å². The molecule has 0 aromatic carbocycles. The molecule has 2 heterocycles. The SMILES string of the molecule is CCc1nc2c(N)nc(C)c(C)c2n1CCCS(C)(=O)=O. The Hall–Kier alpha value is -1.63. The van der Waals surface area contributed by atoms with Crippen LogP contribution < -0.4 is 5.73 Å². The molecule has 0 bridgehead atoms. The van der Waals surface area contributed by atoms with Gasteiger partial charge in [0.1, 0.15) is 21.2 Å². The van der Waals surface area contributed by atoms with E-state index in [9.17, 15) is 8.42 Å². The van der Waals surface area contributed by atoms with Crippen molar-refractivity contribution in [3.05, 3.63) is 17.1 Å². The molecule has 0 saturated carbocycles. The van der Waals surface area contributed by atoms with Crippen molar-refractivity contribution in [2.75, 3.05) is 17.7 Å². The Morgan fingerprint density at radius 1 is 1.24 bits per heavy atom. The van der Waals surface area contributed by atoms with Crippen LogP contribution in [0.4, 0.5) is 5.82 Å². The fourth-order valence-corrected chi connectivity index (χ4v) is 3.20. The standard InChI is InChI=1S/C14H22N4O2S/c1-5-11-17-12-13(9(2)10(3)16-14(12)15)18(11)7-6-8-21(4,19)20/h5-8H2,1-4H3,(H2,15,16). The van der Waals surface area contributed by atoms with Crippen LogP contribution in [0.25, 0.3) is 11.0 Å². The summed E-state index contributed by atoms with van der Waals surface area (Å²) >= 11 is 0. The van der Waals surface area contributed by atoms with E-state index >= 15 is 0 Å². The van der Waals surface area contributed by atoms with Gasteiger partial charge in [-0.15, -0.1) is 0 Å². The fourth-order valence-electron chi connectivity index (χ4n) is 2.54. The summed E-state index contributed by atoms with van der Waals surface area (Å²) in [5.74, 6) is 1.53. The average molecular weight is 310 g/mol. The van der Waals surface area contributed by atoms with E-state index in [1.807, 2.05) is 20.8 Å². The molecule has 0 aliphatic carbocycles. The summed E-state index contributed by atoms with van der Waals surface area (Å²) in [5, 5.41) is 0. The maximum absolute atomic E-state index is 11.3. The number of fused-ring (bicyclic) bond motifs is 1. The highest BCUT2D eigenvalue weighted by atomic mass is 32.2. The predicted octanol–water partition coefficient (Wildman–Crippen LogP) is 1.63. The van der Waals surface area contributed by atoms with E-state index in [2.05, 4.69) is 14.5 Å². The molecule has 0 aliphatic rings. The molecule has 2 rings (SSSR count). The normalized spacial score (nSPS) is 12.2. The van der Waals surface area contributed by atoms with Gasteiger partial charge < -0.3 is 10.3 Å². The lowest BCUT2D eigenvalue weighted by Crippen LogP contribution is -2.10. The minimum atomic E-state index is -2.95. The first-order valence-electron chi connectivity index (χ1n) is 7.04. The minimum Gasteiger partial charge on any atom is -0.382 e. The maximum Gasteiger partial charge on any atom is 0.151 e. The topological polar surface area (TPSA) is 90.9 Å². The van der Waals surface area contributed by atoms with Crippen molar-refractivity contribution in [3.8, 4) is 0 Å². The van der Waals surface area contributed by atoms with Crippen molar-refractivity contribution in [1.29, 1.82) is 0 Å². The van der Waals surface area contributed by atoms with Gasteiger partial charge in [0.2, 0.25) is 0 Å². The van der Waals surface area contributed by atoms with Crippen molar-refractivity contribution >= 4 is 26.7 Å². The fraction of sp³-hybridized carbons (Fsp3) is 0.571. The van der Waals surface area contributed by atoms with Gasteiger partial charge in [-0.2, -0.15) is 0 Å². The molecule has 6 nitrogen and oxygen atoms in total. The number of aromatic nitrogens is 3. The molecule has 0 amide bonds. The van der Waals surface area contributed by atoms with Gasteiger partial charge in [-0.25, -0.2) is 18.4 Å². The molecule has 0 fully saturated rings. The summed E-state index contributed by atoms with van der Waals surface area (Å²) in [6.07, 6.45) is 2.60.